The Morgan fingerprint density at radius 3 is 2.28 bits per heavy atom. The lowest BCUT2D eigenvalue weighted by Gasteiger charge is -2.34. The van der Waals surface area contributed by atoms with E-state index < -0.39 is 15.6 Å². The van der Waals surface area contributed by atoms with Crippen LogP contribution >= 0.6 is 0 Å². The highest BCUT2D eigenvalue weighted by Crippen LogP contribution is 2.25. The molecule has 1 aliphatic heterocycles. The second kappa shape index (κ2) is 10.4. The summed E-state index contributed by atoms with van der Waals surface area (Å²) < 4.78 is 28.2. The van der Waals surface area contributed by atoms with Crippen LogP contribution in [0.4, 0.5) is 28.8 Å². The molecule has 10 heteroatoms. The lowest BCUT2D eigenvalue weighted by Crippen LogP contribution is -2.44. The van der Waals surface area contributed by atoms with Crippen LogP contribution in [-0.2, 0) is 10.0 Å². The second-order valence-corrected chi connectivity index (χ2v) is 11.9. The Labute approximate surface area is 214 Å². The molecular weight excluding hydrogens is 474 g/mol. The number of anilines is 5. The molecule has 0 spiro atoms. The Morgan fingerprint density at radius 2 is 1.58 bits per heavy atom. The van der Waals surface area contributed by atoms with Crippen molar-refractivity contribution in [1.29, 1.82) is 0 Å². The second-order valence-electron chi connectivity index (χ2n) is 10.2. The van der Waals surface area contributed by atoms with Crippen molar-refractivity contribution in [2.75, 3.05) is 48.8 Å². The van der Waals surface area contributed by atoms with Gasteiger partial charge in [0.1, 0.15) is 5.82 Å². The third kappa shape index (κ3) is 6.71. The van der Waals surface area contributed by atoms with Crippen molar-refractivity contribution < 1.29 is 8.42 Å². The van der Waals surface area contributed by atoms with E-state index in [-0.39, 0.29) is 4.90 Å². The highest BCUT2D eigenvalue weighted by atomic mass is 32.2. The SMILES string of the molecule is Cc1cnc(Nc2cccc(N3CCN(C)CC3)c2)nc1Nc1cccc(S(=O)(=O)NC(C)(C)C)c1. The van der Waals surface area contributed by atoms with E-state index in [2.05, 4.69) is 54.3 Å². The minimum atomic E-state index is -3.65. The molecule has 0 radical (unpaired) electrons. The first-order valence-corrected chi connectivity index (χ1v) is 13.5. The van der Waals surface area contributed by atoms with Gasteiger partial charge in [-0.15, -0.1) is 0 Å². The quantitative estimate of drug-likeness (QED) is 0.438. The van der Waals surface area contributed by atoms with E-state index >= 15 is 0 Å². The standard InChI is InChI=1S/C26H35N7O2S/c1-19-18-27-25(29-20-8-6-10-22(16-20)33-14-12-32(5)13-15-33)30-24(19)28-21-9-7-11-23(17-21)36(34,35)31-26(2,3)4/h6-11,16-18,31H,12-15H2,1-5H3,(H2,27,28,29,30). The van der Waals surface area contributed by atoms with Crippen LogP contribution in [0, 0.1) is 6.92 Å². The lowest BCUT2D eigenvalue weighted by molar-refractivity contribution is 0.313. The number of likely N-dealkylation sites (N-methyl/N-ethyl adjacent to an activating group) is 1. The van der Waals surface area contributed by atoms with Crippen LogP contribution < -0.4 is 20.3 Å². The van der Waals surface area contributed by atoms with Gasteiger partial charge >= 0.3 is 0 Å². The molecule has 0 amide bonds. The number of hydrogen-bond donors (Lipinski definition) is 3. The van der Waals surface area contributed by atoms with Gasteiger partial charge in [-0.05, 0) is 71.1 Å². The van der Waals surface area contributed by atoms with Gasteiger partial charge < -0.3 is 20.4 Å². The summed E-state index contributed by atoms with van der Waals surface area (Å²) >= 11 is 0. The van der Waals surface area contributed by atoms with Crippen molar-refractivity contribution in [1.82, 2.24) is 19.6 Å². The van der Waals surface area contributed by atoms with Crippen LogP contribution in [-0.4, -0.2) is 62.1 Å². The molecule has 0 saturated carbocycles. The van der Waals surface area contributed by atoms with Gasteiger partial charge in [0, 0.05) is 60.5 Å². The third-order valence-corrected chi connectivity index (χ3v) is 7.55. The molecule has 192 valence electrons. The normalized spacial score (nSPS) is 15.1. The Kier molecular flexibility index (Phi) is 7.49. The Morgan fingerprint density at radius 1 is 0.917 bits per heavy atom. The number of nitrogens with one attached hydrogen (secondary N) is 3. The number of rotatable bonds is 7. The molecule has 1 aromatic heterocycles. The van der Waals surface area contributed by atoms with Crippen LogP contribution in [0.1, 0.15) is 26.3 Å². The average molecular weight is 510 g/mol. The third-order valence-electron chi connectivity index (χ3n) is 5.79. The van der Waals surface area contributed by atoms with Gasteiger partial charge in [-0.1, -0.05) is 12.1 Å². The van der Waals surface area contributed by atoms with Gasteiger partial charge in [-0.2, -0.15) is 4.98 Å². The number of aromatic nitrogens is 2. The fourth-order valence-electron chi connectivity index (χ4n) is 3.94. The molecule has 0 atom stereocenters. The van der Waals surface area contributed by atoms with E-state index in [0.29, 0.717) is 17.5 Å². The van der Waals surface area contributed by atoms with Crippen molar-refractivity contribution in [3.05, 3.63) is 60.3 Å². The Hall–Kier alpha value is -3.21. The first-order chi connectivity index (χ1) is 17.0. The molecule has 0 bridgehead atoms. The van der Waals surface area contributed by atoms with Crippen LogP contribution in [0.2, 0.25) is 0 Å². The number of aryl methyl sites for hydroxylation is 1. The number of benzene rings is 2. The molecule has 36 heavy (non-hydrogen) atoms. The van der Waals surface area contributed by atoms with Gasteiger partial charge in [-0.25, -0.2) is 18.1 Å². The Balaban J connectivity index is 1.51. The molecule has 4 rings (SSSR count). The van der Waals surface area contributed by atoms with Gasteiger partial charge in [0.05, 0.1) is 4.90 Å². The summed E-state index contributed by atoms with van der Waals surface area (Å²) in [6, 6.07) is 14.9. The fourth-order valence-corrected chi connectivity index (χ4v) is 5.41. The minimum absolute atomic E-state index is 0.188. The monoisotopic (exact) mass is 509 g/mol. The molecular formula is C26H35N7O2S. The molecule has 0 aliphatic carbocycles. The summed E-state index contributed by atoms with van der Waals surface area (Å²) in [5.74, 6) is 1.05. The van der Waals surface area contributed by atoms with Crippen molar-refractivity contribution in [3.8, 4) is 0 Å². The molecule has 1 fully saturated rings. The van der Waals surface area contributed by atoms with Crippen LogP contribution in [0.25, 0.3) is 0 Å². The van der Waals surface area contributed by atoms with Crippen molar-refractivity contribution in [3.63, 3.8) is 0 Å². The molecule has 9 nitrogen and oxygen atoms in total. The van der Waals surface area contributed by atoms with Crippen LogP contribution in [0.15, 0.2) is 59.6 Å². The molecule has 0 unspecified atom stereocenters. The van der Waals surface area contributed by atoms with E-state index in [0.717, 1.165) is 37.4 Å². The first kappa shape index (κ1) is 25.9. The first-order valence-electron chi connectivity index (χ1n) is 12.0. The highest BCUT2D eigenvalue weighted by Gasteiger charge is 2.22. The highest BCUT2D eigenvalue weighted by molar-refractivity contribution is 7.89. The number of nitrogens with zero attached hydrogens (tertiary/aromatic N) is 4. The largest absolute Gasteiger partial charge is 0.369 e. The summed E-state index contributed by atoms with van der Waals surface area (Å²) in [5, 5.41) is 6.55. The van der Waals surface area contributed by atoms with Crippen molar-refractivity contribution >= 4 is 38.9 Å². The van der Waals surface area contributed by atoms with Gasteiger partial charge in [0.25, 0.3) is 0 Å². The molecule has 2 heterocycles. The molecule has 3 aromatic rings. The number of sulfonamides is 1. The summed E-state index contributed by atoms with van der Waals surface area (Å²) in [7, 11) is -1.50. The molecule has 1 aliphatic rings. The summed E-state index contributed by atoms with van der Waals surface area (Å²) in [5.41, 5.74) is 2.96. The molecule has 1 saturated heterocycles. The smallest absolute Gasteiger partial charge is 0.241 e. The van der Waals surface area contributed by atoms with Gasteiger partial charge in [0.2, 0.25) is 16.0 Å². The zero-order chi connectivity index (χ0) is 25.9. The van der Waals surface area contributed by atoms with E-state index in [1.54, 1.807) is 24.4 Å². The van der Waals surface area contributed by atoms with E-state index in [4.69, 9.17) is 0 Å². The Bertz CT molecular complexity index is 1310. The maximum Gasteiger partial charge on any atom is 0.241 e. The van der Waals surface area contributed by atoms with E-state index in [1.807, 2.05) is 45.9 Å². The van der Waals surface area contributed by atoms with E-state index in [9.17, 15) is 8.42 Å². The van der Waals surface area contributed by atoms with E-state index in [1.165, 1.54) is 5.69 Å². The zero-order valence-electron chi connectivity index (χ0n) is 21.5. The minimum Gasteiger partial charge on any atom is -0.369 e. The number of piperazine rings is 1. The summed E-state index contributed by atoms with van der Waals surface area (Å²) in [6.07, 6.45) is 1.74. The molecule has 2 aromatic carbocycles. The topological polar surface area (TPSA) is 102 Å². The summed E-state index contributed by atoms with van der Waals surface area (Å²) in [4.78, 5) is 14.0. The maximum atomic E-state index is 12.8. The summed E-state index contributed by atoms with van der Waals surface area (Å²) in [6.45, 7) is 11.4. The lowest BCUT2D eigenvalue weighted by atomic mass is 10.1. The van der Waals surface area contributed by atoms with Crippen LogP contribution in [0.3, 0.4) is 0 Å². The van der Waals surface area contributed by atoms with Gasteiger partial charge in [-0.3, -0.25) is 0 Å². The van der Waals surface area contributed by atoms with Crippen molar-refractivity contribution in [2.45, 2.75) is 38.1 Å². The van der Waals surface area contributed by atoms with Gasteiger partial charge in [0.15, 0.2) is 0 Å². The number of hydrogen-bond acceptors (Lipinski definition) is 8. The predicted molar refractivity (Wildman–Crippen MR) is 146 cm³/mol. The maximum absolute atomic E-state index is 12.8. The zero-order valence-corrected chi connectivity index (χ0v) is 22.4. The average Bonchev–Trinajstić information content (AvgIpc) is 2.81. The van der Waals surface area contributed by atoms with Crippen molar-refractivity contribution in [2.24, 2.45) is 0 Å². The fraction of sp³-hybridized carbons (Fsp3) is 0.385. The predicted octanol–water partition coefficient (Wildman–Crippen LogP) is 4.10. The van der Waals surface area contributed by atoms with Crippen LogP contribution in [0.5, 0.6) is 0 Å². The molecule has 3 N–H and O–H groups in total.